The predicted molar refractivity (Wildman–Crippen MR) is 80.2 cm³/mol. The molecule has 1 aromatic rings. The molecule has 0 amide bonds. The predicted octanol–water partition coefficient (Wildman–Crippen LogP) is 2.71. The van der Waals surface area contributed by atoms with Gasteiger partial charge in [-0.3, -0.25) is 4.90 Å². The van der Waals surface area contributed by atoms with Gasteiger partial charge in [-0.1, -0.05) is 15.9 Å². The second kappa shape index (κ2) is 6.10. The molecule has 1 saturated carbocycles. The minimum Gasteiger partial charge on any atom is -0.374 e. The van der Waals surface area contributed by atoms with Gasteiger partial charge in [0.05, 0.1) is 18.8 Å². The fourth-order valence-electron chi connectivity index (χ4n) is 2.78. The summed E-state index contributed by atoms with van der Waals surface area (Å²) in [5.74, 6) is -0.198. The van der Waals surface area contributed by atoms with Gasteiger partial charge in [0.1, 0.15) is 5.82 Å². The fourth-order valence-corrected chi connectivity index (χ4v) is 3.26. The van der Waals surface area contributed by atoms with Crippen LogP contribution in [0.25, 0.3) is 0 Å². The summed E-state index contributed by atoms with van der Waals surface area (Å²) in [6.07, 6.45) is 2.58. The Morgan fingerprint density at radius 1 is 1.45 bits per heavy atom. The van der Waals surface area contributed by atoms with E-state index in [9.17, 15) is 4.39 Å². The summed E-state index contributed by atoms with van der Waals surface area (Å²) < 4.78 is 20.5. The molecule has 3 nitrogen and oxygen atoms in total. The van der Waals surface area contributed by atoms with E-state index in [1.807, 2.05) is 0 Å². The standard InChI is InChI=1S/C15H20BrFN2O/c1-19-6-7-20-14(9-18-11-3-4-11)15(19)12-8-10(17)2-5-13(12)16/h2,5,8,11,14-15,18H,3-4,6-7,9H2,1H3. The number of morpholine rings is 1. The van der Waals surface area contributed by atoms with Gasteiger partial charge in [-0.05, 0) is 43.7 Å². The monoisotopic (exact) mass is 342 g/mol. The Labute approximate surface area is 127 Å². The van der Waals surface area contributed by atoms with Gasteiger partial charge in [0.2, 0.25) is 0 Å². The Morgan fingerprint density at radius 2 is 2.25 bits per heavy atom. The van der Waals surface area contributed by atoms with E-state index >= 15 is 0 Å². The largest absolute Gasteiger partial charge is 0.374 e. The summed E-state index contributed by atoms with van der Waals surface area (Å²) >= 11 is 3.54. The highest BCUT2D eigenvalue weighted by molar-refractivity contribution is 9.10. The zero-order chi connectivity index (χ0) is 14.1. The minimum atomic E-state index is -0.198. The van der Waals surface area contributed by atoms with E-state index in [1.165, 1.54) is 18.9 Å². The van der Waals surface area contributed by atoms with Gasteiger partial charge in [-0.15, -0.1) is 0 Å². The van der Waals surface area contributed by atoms with E-state index < -0.39 is 0 Å². The summed E-state index contributed by atoms with van der Waals surface area (Å²) in [6.45, 7) is 2.42. The van der Waals surface area contributed by atoms with E-state index in [-0.39, 0.29) is 18.0 Å². The Morgan fingerprint density at radius 3 is 3.00 bits per heavy atom. The van der Waals surface area contributed by atoms with Crippen LogP contribution in [0.3, 0.4) is 0 Å². The summed E-state index contributed by atoms with van der Waals surface area (Å²) in [5.41, 5.74) is 0.967. The Kier molecular flexibility index (Phi) is 4.40. The molecule has 0 radical (unpaired) electrons. The molecule has 110 valence electrons. The van der Waals surface area contributed by atoms with Gasteiger partial charge < -0.3 is 10.1 Å². The second-order valence-corrected chi connectivity index (χ2v) is 6.54. The molecule has 20 heavy (non-hydrogen) atoms. The molecule has 0 aromatic heterocycles. The average molecular weight is 343 g/mol. The normalized spacial score (nSPS) is 27.8. The van der Waals surface area contributed by atoms with Crippen molar-refractivity contribution in [3.8, 4) is 0 Å². The van der Waals surface area contributed by atoms with Crippen molar-refractivity contribution < 1.29 is 9.13 Å². The molecule has 2 atom stereocenters. The SMILES string of the molecule is CN1CCOC(CNC2CC2)C1c1cc(F)ccc1Br. The van der Waals surface area contributed by atoms with Crippen molar-refractivity contribution in [1.29, 1.82) is 0 Å². The van der Waals surface area contributed by atoms with Crippen molar-refractivity contribution in [3.63, 3.8) is 0 Å². The first-order valence-electron chi connectivity index (χ1n) is 7.15. The number of halogens is 2. The lowest BCUT2D eigenvalue weighted by atomic mass is 9.98. The molecule has 0 spiro atoms. The third-order valence-electron chi connectivity index (χ3n) is 4.06. The molecule has 1 heterocycles. The number of ether oxygens (including phenoxy) is 1. The average Bonchev–Trinajstić information content (AvgIpc) is 3.24. The van der Waals surface area contributed by atoms with Crippen molar-refractivity contribution in [2.75, 3.05) is 26.7 Å². The minimum absolute atomic E-state index is 0.0625. The first-order chi connectivity index (χ1) is 9.65. The van der Waals surface area contributed by atoms with Gasteiger partial charge in [0, 0.05) is 23.6 Å². The summed E-state index contributed by atoms with van der Waals surface area (Å²) in [4.78, 5) is 2.25. The third kappa shape index (κ3) is 3.22. The van der Waals surface area contributed by atoms with Gasteiger partial charge in [0.15, 0.2) is 0 Å². The lowest BCUT2D eigenvalue weighted by Crippen LogP contribution is -2.47. The number of nitrogens with one attached hydrogen (secondary N) is 1. The van der Waals surface area contributed by atoms with Gasteiger partial charge in [-0.2, -0.15) is 0 Å². The maximum absolute atomic E-state index is 13.6. The number of likely N-dealkylation sites (N-methyl/N-ethyl adjacent to an activating group) is 1. The molecule has 1 N–H and O–H groups in total. The van der Waals surface area contributed by atoms with Crippen LogP contribution in [-0.4, -0.2) is 43.8 Å². The maximum atomic E-state index is 13.6. The quantitative estimate of drug-likeness (QED) is 0.910. The van der Waals surface area contributed by atoms with Crippen molar-refractivity contribution in [1.82, 2.24) is 10.2 Å². The molecule has 1 aromatic carbocycles. The maximum Gasteiger partial charge on any atom is 0.123 e. The van der Waals surface area contributed by atoms with Crippen molar-refractivity contribution >= 4 is 15.9 Å². The summed E-state index contributed by atoms with van der Waals surface area (Å²) in [6, 6.07) is 5.61. The van der Waals surface area contributed by atoms with Crippen molar-refractivity contribution in [2.24, 2.45) is 0 Å². The fraction of sp³-hybridized carbons (Fsp3) is 0.600. The van der Waals surface area contributed by atoms with E-state index in [0.717, 1.165) is 29.7 Å². The molecule has 1 aliphatic heterocycles. The number of hydrogen-bond acceptors (Lipinski definition) is 3. The number of benzene rings is 1. The smallest absolute Gasteiger partial charge is 0.123 e. The highest BCUT2D eigenvalue weighted by Crippen LogP contribution is 2.34. The first kappa shape index (κ1) is 14.4. The zero-order valence-corrected chi connectivity index (χ0v) is 13.2. The molecule has 1 saturated heterocycles. The summed E-state index contributed by atoms with van der Waals surface area (Å²) in [7, 11) is 2.08. The van der Waals surface area contributed by atoms with Crippen LogP contribution in [0.5, 0.6) is 0 Å². The van der Waals surface area contributed by atoms with Crippen LogP contribution >= 0.6 is 15.9 Å². The molecular weight excluding hydrogens is 323 g/mol. The third-order valence-corrected chi connectivity index (χ3v) is 4.79. The Bertz CT molecular complexity index is 481. The molecule has 2 unspecified atom stereocenters. The number of rotatable bonds is 4. The van der Waals surface area contributed by atoms with Crippen molar-refractivity contribution in [3.05, 3.63) is 34.1 Å². The van der Waals surface area contributed by atoms with E-state index in [4.69, 9.17) is 4.74 Å². The number of hydrogen-bond donors (Lipinski definition) is 1. The molecule has 3 rings (SSSR count). The van der Waals surface area contributed by atoms with Gasteiger partial charge in [-0.25, -0.2) is 4.39 Å². The van der Waals surface area contributed by atoms with Crippen LogP contribution < -0.4 is 5.32 Å². The second-order valence-electron chi connectivity index (χ2n) is 5.68. The van der Waals surface area contributed by atoms with Crippen LogP contribution in [0.15, 0.2) is 22.7 Å². The Balaban J connectivity index is 1.82. The van der Waals surface area contributed by atoms with E-state index in [1.54, 1.807) is 12.1 Å². The van der Waals surface area contributed by atoms with E-state index in [0.29, 0.717) is 6.04 Å². The Hall–Kier alpha value is -0.490. The topological polar surface area (TPSA) is 24.5 Å². The lowest BCUT2D eigenvalue weighted by molar-refractivity contribution is -0.0618. The van der Waals surface area contributed by atoms with Gasteiger partial charge >= 0.3 is 0 Å². The molecule has 2 aliphatic rings. The first-order valence-corrected chi connectivity index (χ1v) is 7.94. The molecule has 1 aliphatic carbocycles. The van der Waals surface area contributed by atoms with Crippen LogP contribution in [0.1, 0.15) is 24.4 Å². The number of nitrogens with zero attached hydrogens (tertiary/aromatic N) is 1. The highest BCUT2D eigenvalue weighted by atomic mass is 79.9. The van der Waals surface area contributed by atoms with Crippen molar-refractivity contribution in [2.45, 2.75) is 31.0 Å². The van der Waals surface area contributed by atoms with Crippen LogP contribution in [0, 0.1) is 5.82 Å². The van der Waals surface area contributed by atoms with Crippen LogP contribution in [0.2, 0.25) is 0 Å². The van der Waals surface area contributed by atoms with Crippen LogP contribution in [-0.2, 0) is 4.74 Å². The lowest BCUT2D eigenvalue weighted by Gasteiger charge is -2.40. The summed E-state index contributed by atoms with van der Waals surface area (Å²) in [5, 5.41) is 3.52. The molecular formula is C15H20BrFN2O. The molecule has 0 bridgehead atoms. The highest BCUT2D eigenvalue weighted by Gasteiger charge is 2.34. The zero-order valence-electron chi connectivity index (χ0n) is 11.6. The van der Waals surface area contributed by atoms with Crippen LogP contribution in [0.4, 0.5) is 4.39 Å². The molecule has 2 fully saturated rings. The van der Waals surface area contributed by atoms with E-state index in [2.05, 4.69) is 33.2 Å². The molecule has 5 heteroatoms. The van der Waals surface area contributed by atoms with Gasteiger partial charge in [0.25, 0.3) is 0 Å².